The van der Waals surface area contributed by atoms with Crippen LogP contribution in [0.15, 0.2) is 48.5 Å². The topological polar surface area (TPSA) is 86.7 Å². The molecule has 6 heterocycles. The van der Waals surface area contributed by atoms with Crippen LogP contribution in [0, 0.1) is 0 Å². The van der Waals surface area contributed by atoms with Crippen LogP contribution in [0.25, 0.3) is 52.2 Å². The predicted octanol–water partition coefficient (Wildman–Crippen LogP) is 14.2. The number of hydrogen-bond donors (Lipinski definition) is 0. The molecule has 12 rings (SSSR count). The molecule has 0 saturated heterocycles. The number of ether oxygens (including phenoxy) is 2. The fourth-order valence-electron chi connectivity index (χ4n) is 10.5. The van der Waals surface area contributed by atoms with Crippen molar-refractivity contribution in [2.45, 2.75) is 87.8 Å². The van der Waals surface area contributed by atoms with E-state index in [4.69, 9.17) is 9.47 Å². The summed E-state index contributed by atoms with van der Waals surface area (Å²) >= 11 is 6.21. The zero-order valence-corrected chi connectivity index (χ0v) is 36.5. The van der Waals surface area contributed by atoms with E-state index in [1.165, 1.54) is 34.8 Å². The van der Waals surface area contributed by atoms with E-state index >= 15 is 0 Å². The first-order chi connectivity index (χ1) is 30.5. The van der Waals surface area contributed by atoms with Crippen molar-refractivity contribution in [2.24, 2.45) is 0 Å². The van der Waals surface area contributed by atoms with Crippen LogP contribution in [0.1, 0.15) is 128 Å². The molecule has 0 N–H and O–H groups in total. The minimum Gasteiger partial charge on any atom is -0.481 e. The summed E-state index contributed by atoms with van der Waals surface area (Å²) in [4.78, 5) is 57.6. The van der Waals surface area contributed by atoms with Crippen molar-refractivity contribution in [3.05, 3.63) is 103 Å². The minimum absolute atomic E-state index is 0.0445. The van der Waals surface area contributed by atoms with E-state index < -0.39 is 57.8 Å². The summed E-state index contributed by atoms with van der Waals surface area (Å²) in [6.07, 6.45) is 2.88. The summed E-state index contributed by atoms with van der Waals surface area (Å²) in [6, 6.07) is 9.37. The molecule has 2 aliphatic heterocycles. The van der Waals surface area contributed by atoms with Gasteiger partial charge in [-0.15, -0.1) is 45.3 Å². The van der Waals surface area contributed by atoms with Crippen LogP contribution < -0.4 is 9.47 Å². The van der Waals surface area contributed by atoms with Crippen molar-refractivity contribution in [3.63, 3.8) is 0 Å². The summed E-state index contributed by atoms with van der Waals surface area (Å²) in [6.45, 7) is 0. The number of rotatable bonds is 2. The number of thiophene rings is 4. The molecule has 2 saturated carbocycles. The van der Waals surface area contributed by atoms with Gasteiger partial charge in [-0.25, -0.2) is 0 Å². The highest BCUT2D eigenvalue weighted by Crippen LogP contribution is 2.66. The van der Waals surface area contributed by atoms with Crippen molar-refractivity contribution in [1.29, 1.82) is 0 Å². The monoisotopic (exact) mass is 944 g/mol. The molecule has 4 aliphatic carbocycles. The first-order valence-electron chi connectivity index (χ1n) is 20.8. The largest absolute Gasteiger partial charge is 0.481 e. The Kier molecular flexibility index (Phi) is 8.63. The maximum Gasteiger partial charge on any atom is 0.416 e. The second kappa shape index (κ2) is 13.7. The van der Waals surface area contributed by atoms with E-state index in [0.717, 1.165) is 129 Å². The lowest BCUT2D eigenvalue weighted by Crippen LogP contribution is -2.37. The van der Waals surface area contributed by atoms with Gasteiger partial charge in [0.1, 0.15) is 22.7 Å². The summed E-state index contributed by atoms with van der Waals surface area (Å²) in [7, 11) is 0. The molecule has 16 heteroatoms. The molecule has 4 aromatic heterocycles. The highest BCUT2D eigenvalue weighted by atomic mass is 32.1. The number of ketones is 4. The van der Waals surface area contributed by atoms with Crippen molar-refractivity contribution in [3.8, 4) is 31.0 Å². The third-order valence-electron chi connectivity index (χ3n) is 13.5. The van der Waals surface area contributed by atoms with E-state index in [1.807, 2.05) is 12.1 Å². The van der Waals surface area contributed by atoms with Gasteiger partial charge in [-0.2, -0.15) is 26.3 Å². The fraction of sp³-hybridized carbons (Fsp3) is 0.292. The highest BCUT2D eigenvalue weighted by Gasteiger charge is 2.51. The molecule has 0 radical (unpaired) electrons. The Hall–Kier alpha value is -5.16. The quantitative estimate of drug-likeness (QED) is 0.0976. The number of fused-ring (bicyclic) bond motifs is 13. The van der Waals surface area contributed by atoms with Crippen molar-refractivity contribution >= 4 is 101 Å². The Labute approximate surface area is 375 Å². The highest BCUT2D eigenvalue weighted by molar-refractivity contribution is 7.34. The summed E-state index contributed by atoms with van der Waals surface area (Å²) in [5.41, 5.74) is -1.13. The number of alkyl halides is 6. The molecule has 324 valence electrons. The van der Waals surface area contributed by atoms with Gasteiger partial charge >= 0.3 is 12.4 Å². The molecule has 2 spiro atoms. The van der Waals surface area contributed by atoms with Gasteiger partial charge in [-0.3, -0.25) is 19.2 Å². The molecule has 0 atom stereocenters. The number of carbonyl (C=O) groups excluding carboxylic acids is 4. The van der Waals surface area contributed by atoms with Gasteiger partial charge in [0.2, 0.25) is 23.1 Å². The third-order valence-corrected chi connectivity index (χ3v) is 18.5. The van der Waals surface area contributed by atoms with Crippen LogP contribution in [0.2, 0.25) is 0 Å². The number of hydrogen-bond acceptors (Lipinski definition) is 10. The second-order valence-electron chi connectivity index (χ2n) is 17.2. The summed E-state index contributed by atoms with van der Waals surface area (Å²) in [5.74, 6) is -2.32. The van der Waals surface area contributed by atoms with Crippen LogP contribution in [0.4, 0.5) is 26.3 Å². The van der Waals surface area contributed by atoms with Crippen LogP contribution in [0.5, 0.6) is 11.5 Å². The average Bonchev–Trinajstić information content (AvgIpc) is 4.10. The minimum atomic E-state index is -4.67. The fourth-order valence-corrected chi connectivity index (χ4v) is 16.1. The Morgan fingerprint density at radius 1 is 0.469 bits per heavy atom. The Morgan fingerprint density at radius 3 is 1.23 bits per heavy atom. The molecule has 6 aromatic rings. The molecule has 2 aromatic carbocycles. The molecule has 64 heavy (non-hydrogen) atoms. The molecule has 2 fully saturated rings. The Balaban J connectivity index is 0.993. The zero-order valence-electron chi connectivity index (χ0n) is 33.2. The number of benzene rings is 2. The maximum absolute atomic E-state index is 13.5. The van der Waals surface area contributed by atoms with E-state index in [2.05, 4.69) is 0 Å². The van der Waals surface area contributed by atoms with Crippen LogP contribution in [-0.4, -0.2) is 23.1 Å². The average molecular weight is 945 g/mol. The van der Waals surface area contributed by atoms with Gasteiger partial charge in [0.25, 0.3) is 0 Å². The van der Waals surface area contributed by atoms with Crippen LogP contribution >= 0.6 is 45.3 Å². The molecule has 0 bridgehead atoms. The molecule has 6 nitrogen and oxygen atoms in total. The normalized spacial score (nSPS) is 20.7. The first kappa shape index (κ1) is 40.4. The SMILES string of the molecule is O=C1C(=O)c2cc(C(F)(F)F)ccc2/C1=C/c1cc2c(s1)-c1sc3c4c(sc3c1C1(CCCCC1)O2)-c1sc(/C=C2\C(=O)C(=O)c3cc(C(F)(F)F)ccc32)cc1OC41CCCCC1. The van der Waals surface area contributed by atoms with Crippen molar-refractivity contribution in [2.75, 3.05) is 0 Å². The predicted molar refractivity (Wildman–Crippen MR) is 234 cm³/mol. The van der Waals surface area contributed by atoms with E-state index in [1.54, 1.807) is 34.8 Å². The lowest BCUT2D eigenvalue weighted by Gasteiger charge is -2.41. The Morgan fingerprint density at radius 2 is 0.859 bits per heavy atom. The molecular formula is C48H30F6O6S4. The standard InChI is InChI=1S/C48H30F6O6S4/c49-47(50,51)21-7-9-25-27(15-21)35(55)37(57)29(25)17-23-19-31-39(61-23)41-33(45(59-31)11-3-1-4-12-45)43-44(63-41)34-42(64-43)40-32(60-46(34)13-5-2-6-14-46)20-24(62-40)18-30-26-10-8-22(48(52,53)54)16-28(26)36(56)38(30)58/h7-10,15-20H,1-6,11-14H2/b29-17-,30-18-. The molecular weight excluding hydrogens is 915 g/mol. The van der Waals surface area contributed by atoms with Gasteiger partial charge in [-0.05, 0) is 111 Å². The van der Waals surface area contributed by atoms with Crippen molar-refractivity contribution in [1.82, 2.24) is 0 Å². The van der Waals surface area contributed by atoms with Gasteiger partial charge in [0, 0.05) is 43.2 Å². The zero-order chi connectivity index (χ0) is 44.2. The maximum atomic E-state index is 13.5. The van der Waals surface area contributed by atoms with Gasteiger partial charge < -0.3 is 9.47 Å². The second-order valence-corrected chi connectivity index (χ2v) is 21.4. The van der Waals surface area contributed by atoms with Gasteiger partial charge in [-0.1, -0.05) is 25.0 Å². The van der Waals surface area contributed by atoms with Crippen molar-refractivity contribution < 1.29 is 55.0 Å². The van der Waals surface area contributed by atoms with Gasteiger partial charge in [0.05, 0.1) is 40.0 Å². The smallest absolute Gasteiger partial charge is 0.416 e. The Bertz CT molecular complexity index is 2980. The molecule has 0 unspecified atom stereocenters. The number of allylic oxidation sites excluding steroid dienone is 2. The van der Waals surface area contributed by atoms with E-state index in [-0.39, 0.29) is 33.4 Å². The van der Waals surface area contributed by atoms with E-state index in [0.29, 0.717) is 21.3 Å². The summed E-state index contributed by atoms with van der Waals surface area (Å²) in [5, 5.41) is 0. The number of halogens is 6. The van der Waals surface area contributed by atoms with Gasteiger partial charge in [0.15, 0.2) is 0 Å². The van der Waals surface area contributed by atoms with Crippen LogP contribution in [0.3, 0.4) is 0 Å². The number of Topliss-reactive ketones (excluding diaryl/α,β-unsaturated/α-hetero) is 4. The summed E-state index contributed by atoms with van der Waals surface area (Å²) < 4.78 is 97.7. The molecule has 0 amide bonds. The lowest BCUT2D eigenvalue weighted by atomic mass is 9.76. The first-order valence-corrected chi connectivity index (χ1v) is 24.1. The van der Waals surface area contributed by atoms with Crippen LogP contribution in [-0.2, 0) is 33.1 Å². The third kappa shape index (κ3) is 5.80. The molecule has 6 aliphatic rings. The number of carbonyl (C=O) groups is 4. The lowest BCUT2D eigenvalue weighted by molar-refractivity contribution is -0.138. The van der Waals surface area contributed by atoms with E-state index in [9.17, 15) is 45.5 Å².